The monoisotopic (exact) mass is 354 g/mol. The Bertz CT molecular complexity index is 591. The van der Waals surface area contributed by atoms with Gasteiger partial charge >= 0.3 is 0 Å². The van der Waals surface area contributed by atoms with Crippen LogP contribution in [0.25, 0.3) is 0 Å². The minimum absolute atomic E-state index is 0.0408. The van der Waals surface area contributed by atoms with Crippen LogP contribution in [0.1, 0.15) is 10.4 Å². The summed E-state index contributed by atoms with van der Waals surface area (Å²) < 4.78 is 40.9. The second-order valence-corrected chi connectivity index (χ2v) is 5.94. The molecule has 1 aromatic rings. The van der Waals surface area contributed by atoms with Gasteiger partial charge < -0.3 is 10.1 Å². The van der Waals surface area contributed by atoms with Gasteiger partial charge in [0, 0.05) is 18.1 Å². The molecule has 0 atom stereocenters. The zero-order valence-electron chi connectivity index (χ0n) is 9.94. The van der Waals surface area contributed by atoms with Crippen molar-refractivity contribution in [2.75, 3.05) is 20.3 Å². The molecular weight excluding hydrogens is 343 g/mol. The third kappa shape index (κ3) is 4.23. The number of halogens is 2. The lowest BCUT2D eigenvalue weighted by molar-refractivity contribution is 0.0933. The first kappa shape index (κ1) is 16.0. The zero-order valence-corrected chi connectivity index (χ0v) is 12.3. The number of rotatable bonds is 5. The van der Waals surface area contributed by atoms with Gasteiger partial charge in [-0.05, 0) is 28.1 Å². The van der Waals surface area contributed by atoms with Crippen LogP contribution in [0.15, 0.2) is 21.5 Å². The van der Waals surface area contributed by atoms with E-state index in [0.29, 0.717) is 0 Å². The van der Waals surface area contributed by atoms with Crippen molar-refractivity contribution in [3.8, 4) is 0 Å². The van der Waals surface area contributed by atoms with Crippen molar-refractivity contribution < 1.29 is 22.3 Å². The maximum atomic E-state index is 13.6. The first-order valence-corrected chi connectivity index (χ1v) is 7.40. The van der Waals surface area contributed by atoms with E-state index in [4.69, 9.17) is 9.88 Å². The van der Waals surface area contributed by atoms with Gasteiger partial charge in [0.2, 0.25) is 10.0 Å². The van der Waals surface area contributed by atoms with Crippen LogP contribution in [0.3, 0.4) is 0 Å². The number of ether oxygens (including phenoxy) is 1. The molecular formula is C10H12BrFN2O4S. The van der Waals surface area contributed by atoms with E-state index >= 15 is 0 Å². The lowest BCUT2D eigenvalue weighted by Gasteiger charge is -2.08. The predicted octanol–water partition coefficient (Wildman–Crippen LogP) is 0.612. The number of nitrogens with two attached hydrogens (primary N) is 1. The highest BCUT2D eigenvalue weighted by atomic mass is 79.9. The summed E-state index contributed by atoms with van der Waals surface area (Å²) in [6.07, 6.45) is 0. The van der Waals surface area contributed by atoms with Crippen molar-refractivity contribution in [2.45, 2.75) is 4.90 Å². The van der Waals surface area contributed by atoms with E-state index in [0.717, 1.165) is 12.1 Å². The van der Waals surface area contributed by atoms with Crippen molar-refractivity contribution in [3.05, 3.63) is 28.0 Å². The van der Waals surface area contributed by atoms with E-state index in [2.05, 4.69) is 21.2 Å². The summed E-state index contributed by atoms with van der Waals surface area (Å²) in [5.41, 5.74) is -0.400. The molecule has 106 valence electrons. The summed E-state index contributed by atoms with van der Waals surface area (Å²) in [4.78, 5) is 11.3. The number of primary sulfonamides is 1. The molecule has 6 nitrogen and oxygen atoms in total. The van der Waals surface area contributed by atoms with Crippen LogP contribution in [0.4, 0.5) is 4.39 Å². The van der Waals surface area contributed by atoms with Gasteiger partial charge in [-0.15, -0.1) is 0 Å². The number of carbonyl (C=O) groups is 1. The van der Waals surface area contributed by atoms with Gasteiger partial charge in [0.1, 0.15) is 5.82 Å². The molecule has 0 bridgehead atoms. The minimum Gasteiger partial charge on any atom is -0.383 e. The number of nitrogens with one attached hydrogen (secondary N) is 1. The summed E-state index contributed by atoms with van der Waals surface area (Å²) in [6.45, 7) is 0.432. The average molecular weight is 355 g/mol. The quantitative estimate of drug-likeness (QED) is 0.756. The molecule has 0 heterocycles. The standard InChI is InChI=1S/C10H12BrFN2O4S/c1-18-3-2-14-10(15)6-4-9(19(13,16)17)7(11)5-8(6)12/h4-5H,2-3H2,1H3,(H,14,15)(H2,13,16,17). The normalized spacial score (nSPS) is 11.4. The zero-order chi connectivity index (χ0) is 14.6. The summed E-state index contributed by atoms with van der Waals surface area (Å²) in [5.74, 6) is -1.60. The molecule has 1 aromatic carbocycles. The van der Waals surface area contributed by atoms with E-state index in [9.17, 15) is 17.6 Å². The largest absolute Gasteiger partial charge is 0.383 e. The lowest BCUT2D eigenvalue weighted by Crippen LogP contribution is -2.28. The topological polar surface area (TPSA) is 98.5 Å². The molecule has 0 saturated carbocycles. The smallest absolute Gasteiger partial charge is 0.254 e. The van der Waals surface area contributed by atoms with Crippen LogP contribution in [-0.2, 0) is 14.8 Å². The summed E-state index contributed by atoms with van der Waals surface area (Å²) in [5, 5.41) is 7.35. The number of hydrogen-bond acceptors (Lipinski definition) is 4. The molecule has 0 fully saturated rings. The Morgan fingerprint density at radius 3 is 2.68 bits per heavy atom. The van der Waals surface area contributed by atoms with Gasteiger partial charge in [0.25, 0.3) is 5.91 Å². The van der Waals surface area contributed by atoms with Crippen LogP contribution in [0.5, 0.6) is 0 Å². The number of methoxy groups -OCH3 is 1. The van der Waals surface area contributed by atoms with Crippen molar-refractivity contribution in [1.82, 2.24) is 5.32 Å². The summed E-state index contributed by atoms with van der Waals surface area (Å²) in [6, 6.07) is 1.77. The van der Waals surface area contributed by atoms with Crippen molar-refractivity contribution in [1.29, 1.82) is 0 Å². The van der Waals surface area contributed by atoms with Gasteiger partial charge in [-0.3, -0.25) is 4.79 Å². The molecule has 0 aliphatic rings. The Morgan fingerprint density at radius 2 is 2.16 bits per heavy atom. The minimum atomic E-state index is -4.05. The number of sulfonamides is 1. The predicted molar refractivity (Wildman–Crippen MR) is 69.7 cm³/mol. The Balaban J connectivity index is 3.11. The fourth-order valence-corrected chi connectivity index (χ4v) is 2.89. The molecule has 0 spiro atoms. The molecule has 19 heavy (non-hydrogen) atoms. The molecule has 0 aromatic heterocycles. The van der Waals surface area contributed by atoms with E-state index in [1.807, 2.05) is 0 Å². The number of carbonyl (C=O) groups excluding carboxylic acids is 1. The van der Waals surface area contributed by atoms with Crippen molar-refractivity contribution >= 4 is 31.9 Å². The number of hydrogen-bond donors (Lipinski definition) is 2. The van der Waals surface area contributed by atoms with Crippen molar-refractivity contribution in [3.63, 3.8) is 0 Å². The molecule has 0 saturated heterocycles. The van der Waals surface area contributed by atoms with Crippen LogP contribution in [0, 0.1) is 5.82 Å². The maximum absolute atomic E-state index is 13.6. The van der Waals surface area contributed by atoms with Crippen LogP contribution >= 0.6 is 15.9 Å². The molecule has 9 heteroatoms. The maximum Gasteiger partial charge on any atom is 0.254 e. The van der Waals surface area contributed by atoms with Crippen LogP contribution < -0.4 is 10.5 Å². The van der Waals surface area contributed by atoms with Gasteiger partial charge in [-0.25, -0.2) is 17.9 Å². The second kappa shape index (κ2) is 6.42. The average Bonchev–Trinajstić information content (AvgIpc) is 2.27. The van der Waals surface area contributed by atoms with E-state index in [1.54, 1.807) is 0 Å². The Labute approximate surface area is 118 Å². The fraction of sp³-hybridized carbons (Fsp3) is 0.300. The Hall–Kier alpha value is -1.03. The van der Waals surface area contributed by atoms with Crippen LogP contribution in [0.2, 0.25) is 0 Å². The highest BCUT2D eigenvalue weighted by Gasteiger charge is 2.20. The van der Waals surface area contributed by atoms with E-state index in [1.165, 1.54) is 7.11 Å². The molecule has 1 rings (SSSR count). The second-order valence-electron chi connectivity index (χ2n) is 3.56. The van der Waals surface area contributed by atoms with Crippen LogP contribution in [-0.4, -0.2) is 34.6 Å². The molecule has 3 N–H and O–H groups in total. The van der Waals surface area contributed by atoms with Gasteiger partial charge in [-0.2, -0.15) is 0 Å². The summed E-state index contributed by atoms with van der Waals surface area (Å²) >= 11 is 2.88. The molecule has 0 aliphatic heterocycles. The molecule has 0 radical (unpaired) electrons. The Morgan fingerprint density at radius 1 is 1.53 bits per heavy atom. The first-order chi connectivity index (χ1) is 8.77. The first-order valence-electron chi connectivity index (χ1n) is 5.06. The third-order valence-corrected chi connectivity index (χ3v) is 4.03. The highest BCUT2D eigenvalue weighted by molar-refractivity contribution is 9.10. The number of benzene rings is 1. The van der Waals surface area contributed by atoms with Crippen molar-refractivity contribution in [2.24, 2.45) is 5.14 Å². The SMILES string of the molecule is COCCNC(=O)c1cc(S(N)(=O)=O)c(Br)cc1F. The van der Waals surface area contributed by atoms with Gasteiger partial charge in [0.05, 0.1) is 17.1 Å². The van der Waals surface area contributed by atoms with E-state index in [-0.39, 0.29) is 22.5 Å². The molecule has 1 amide bonds. The lowest BCUT2D eigenvalue weighted by atomic mass is 10.2. The third-order valence-electron chi connectivity index (χ3n) is 2.16. The summed E-state index contributed by atoms with van der Waals surface area (Å²) in [7, 11) is -2.60. The van der Waals surface area contributed by atoms with Gasteiger partial charge in [0.15, 0.2) is 0 Å². The molecule has 0 aliphatic carbocycles. The number of amides is 1. The van der Waals surface area contributed by atoms with E-state index < -0.39 is 27.3 Å². The highest BCUT2D eigenvalue weighted by Crippen LogP contribution is 2.24. The fourth-order valence-electron chi connectivity index (χ4n) is 1.28. The van der Waals surface area contributed by atoms with Gasteiger partial charge in [-0.1, -0.05) is 0 Å². The Kier molecular flexibility index (Phi) is 5.41. The molecule has 0 unspecified atom stereocenters.